The minimum absolute atomic E-state index is 0.0830. The third-order valence-electron chi connectivity index (χ3n) is 12.6. The highest BCUT2D eigenvalue weighted by Crippen LogP contribution is 2.15. The second-order valence-corrected chi connectivity index (χ2v) is 19.2. The second-order valence-electron chi connectivity index (χ2n) is 19.2. The predicted molar refractivity (Wildman–Crippen MR) is 279 cm³/mol. The summed E-state index contributed by atoms with van der Waals surface area (Å²) in [5.41, 5.74) is 0. The fourth-order valence-electron chi connectivity index (χ4n) is 8.31. The topological polar surface area (TPSA) is 61.8 Å². The molecule has 1 unspecified atom stereocenters. The molecule has 0 saturated carbocycles. The van der Waals surface area contributed by atoms with Gasteiger partial charge in [-0.15, -0.1) is 0 Å². The highest BCUT2D eigenvalue weighted by atomic mass is 16.6. The third-order valence-corrected chi connectivity index (χ3v) is 12.6. The van der Waals surface area contributed by atoms with Gasteiger partial charge in [0.15, 0.2) is 6.10 Å². The van der Waals surface area contributed by atoms with Crippen LogP contribution in [0.25, 0.3) is 0 Å². The molecule has 0 bridgehead atoms. The Labute approximate surface area is 400 Å². The molecule has 0 fully saturated rings. The molecule has 0 spiro atoms. The number of ether oxygens (including phenoxy) is 3. The maximum Gasteiger partial charge on any atom is 0.306 e. The number of carbonyl (C=O) groups is 2. The van der Waals surface area contributed by atoms with Gasteiger partial charge in [0.1, 0.15) is 6.61 Å². The molecule has 0 amide bonds. The Morgan fingerprint density at radius 1 is 0.328 bits per heavy atom. The van der Waals surface area contributed by atoms with Gasteiger partial charge in [0.2, 0.25) is 0 Å². The van der Waals surface area contributed by atoms with Gasteiger partial charge >= 0.3 is 11.9 Å². The number of carbonyl (C=O) groups excluding carboxylic acids is 2. The van der Waals surface area contributed by atoms with Gasteiger partial charge in [-0.25, -0.2) is 0 Å². The first-order chi connectivity index (χ1) is 31.6. The summed E-state index contributed by atoms with van der Waals surface area (Å²) in [6, 6.07) is 0. The van der Waals surface area contributed by atoms with Crippen LogP contribution < -0.4 is 0 Å². The molecule has 0 aromatic rings. The summed E-state index contributed by atoms with van der Waals surface area (Å²) in [5, 5.41) is 0. The zero-order valence-corrected chi connectivity index (χ0v) is 43.3. The van der Waals surface area contributed by atoms with Crippen molar-refractivity contribution in [2.75, 3.05) is 19.8 Å². The van der Waals surface area contributed by atoms with Crippen molar-refractivity contribution in [2.24, 2.45) is 0 Å². The smallest absolute Gasteiger partial charge is 0.306 e. The van der Waals surface area contributed by atoms with Crippen LogP contribution in [0.1, 0.15) is 303 Å². The van der Waals surface area contributed by atoms with Gasteiger partial charge < -0.3 is 14.2 Å². The fourth-order valence-corrected chi connectivity index (χ4v) is 8.31. The molecule has 0 saturated heterocycles. The Bertz CT molecular complexity index is 1020. The summed E-state index contributed by atoms with van der Waals surface area (Å²) in [4.78, 5) is 25.4. The monoisotopic (exact) mass is 899 g/mol. The van der Waals surface area contributed by atoms with Crippen molar-refractivity contribution in [3.05, 3.63) is 36.5 Å². The summed E-state index contributed by atoms with van der Waals surface area (Å²) in [7, 11) is 0. The van der Waals surface area contributed by atoms with Crippen molar-refractivity contribution < 1.29 is 23.8 Å². The Morgan fingerprint density at radius 3 is 1.00 bits per heavy atom. The largest absolute Gasteiger partial charge is 0.462 e. The molecule has 0 rings (SSSR count). The summed E-state index contributed by atoms with van der Waals surface area (Å²) in [6.45, 7) is 7.82. The Morgan fingerprint density at radius 2 is 0.625 bits per heavy atom. The van der Waals surface area contributed by atoms with Gasteiger partial charge in [-0.1, -0.05) is 237 Å². The van der Waals surface area contributed by atoms with E-state index in [9.17, 15) is 9.59 Å². The van der Waals surface area contributed by atoms with Crippen LogP contribution in [0.3, 0.4) is 0 Å². The van der Waals surface area contributed by atoms with Gasteiger partial charge in [0.05, 0.1) is 6.61 Å². The van der Waals surface area contributed by atoms with Gasteiger partial charge in [0.25, 0.3) is 0 Å². The zero-order valence-electron chi connectivity index (χ0n) is 43.3. The first kappa shape index (κ1) is 62.1. The third kappa shape index (κ3) is 52.7. The van der Waals surface area contributed by atoms with Crippen molar-refractivity contribution in [1.29, 1.82) is 0 Å². The SMILES string of the molecule is CCCC/C=C\CCCCCCCC(=O)OC(COCCCCCCCCCCCC/C=C\CCCCCCCC)COC(=O)CCCCCCCCC/C=C\CCCCCCCC. The number of esters is 2. The number of hydrogen-bond donors (Lipinski definition) is 0. The van der Waals surface area contributed by atoms with Crippen molar-refractivity contribution in [1.82, 2.24) is 0 Å². The average molecular weight is 900 g/mol. The number of allylic oxidation sites excluding steroid dienone is 6. The van der Waals surface area contributed by atoms with Crippen LogP contribution in [-0.4, -0.2) is 37.9 Å². The molecule has 0 aromatic carbocycles. The highest BCUT2D eigenvalue weighted by molar-refractivity contribution is 5.70. The molecule has 376 valence electrons. The van der Waals surface area contributed by atoms with Crippen LogP contribution in [0.5, 0.6) is 0 Å². The highest BCUT2D eigenvalue weighted by Gasteiger charge is 2.17. The lowest BCUT2D eigenvalue weighted by molar-refractivity contribution is -0.163. The van der Waals surface area contributed by atoms with E-state index in [2.05, 4.69) is 57.2 Å². The molecule has 0 radical (unpaired) electrons. The van der Waals surface area contributed by atoms with E-state index in [1.165, 1.54) is 218 Å². The molecule has 0 aliphatic rings. The van der Waals surface area contributed by atoms with Crippen molar-refractivity contribution in [2.45, 2.75) is 309 Å². The number of unbranched alkanes of at least 4 members (excludes halogenated alkanes) is 36. The molecule has 0 heterocycles. The van der Waals surface area contributed by atoms with Gasteiger partial charge in [-0.2, -0.15) is 0 Å². The fraction of sp³-hybridized carbons (Fsp3) is 0.864. The average Bonchev–Trinajstić information content (AvgIpc) is 3.30. The summed E-state index contributed by atoms with van der Waals surface area (Å²) in [5.74, 6) is -0.399. The van der Waals surface area contributed by atoms with Crippen LogP contribution >= 0.6 is 0 Å². The van der Waals surface area contributed by atoms with E-state index in [-0.39, 0.29) is 25.2 Å². The van der Waals surface area contributed by atoms with E-state index < -0.39 is 6.10 Å². The van der Waals surface area contributed by atoms with Crippen LogP contribution in [0, 0.1) is 0 Å². The first-order valence-corrected chi connectivity index (χ1v) is 28.5. The lowest BCUT2D eigenvalue weighted by Crippen LogP contribution is -2.30. The minimum Gasteiger partial charge on any atom is -0.462 e. The first-order valence-electron chi connectivity index (χ1n) is 28.5. The molecular weight excluding hydrogens is 789 g/mol. The van der Waals surface area contributed by atoms with Crippen molar-refractivity contribution in [3.8, 4) is 0 Å². The second kappa shape index (κ2) is 55.4. The van der Waals surface area contributed by atoms with E-state index in [4.69, 9.17) is 14.2 Å². The Balaban J connectivity index is 4.18. The van der Waals surface area contributed by atoms with Gasteiger partial charge in [-0.3, -0.25) is 9.59 Å². The molecule has 1 atom stereocenters. The van der Waals surface area contributed by atoms with Crippen molar-refractivity contribution in [3.63, 3.8) is 0 Å². The minimum atomic E-state index is -0.539. The van der Waals surface area contributed by atoms with Crippen LogP contribution in [0.4, 0.5) is 0 Å². The molecule has 0 N–H and O–H groups in total. The summed E-state index contributed by atoms with van der Waals surface area (Å²) < 4.78 is 17.4. The van der Waals surface area contributed by atoms with Crippen LogP contribution in [0.2, 0.25) is 0 Å². The molecule has 5 heteroatoms. The zero-order chi connectivity index (χ0) is 46.3. The standard InChI is InChI=1S/C59H110O5/c1-4-7-10-13-16-19-22-24-26-28-29-30-32-34-36-39-42-45-48-51-54-62-55-57(64-59(61)53-50-47-44-41-37-21-18-15-12-9-6-3)56-63-58(60)52-49-46-43-40-38-35-33-31-27-25-23-20-17-14-11-8-5-2/h15,18,24-27,57H,4-14,16-17,19-23,28-56H2,1-3H3/b18-15-,26-24-,27-25-. The van der Waals surface area contributed by atoms with E-state index in [1.54, 1.807) is 0 Å². The molecule has 64 heavy (non-hydrogen) atoms. The Kier molecular flexibility index (Phi) is 53.8. The quantitative estimate of drug-likeness (QED) is 0.0346. The summed E-state index contributed by atoms with van der Waals surface area (Å²) in [6.07, 6.45) is 67.4. The summed E-state index contributed by atoms with van der Waals surface area (Å²) >= 11 is 0. The molecular formula is C59H110O5. The lowest BCUT2D eigenvalue weighted by atomic mass is 10.1. The van der Waals surface area contributed by atoms with Crippen LogP contribution in [-0.2, 0) is 23.8 Å². The van der Waals surface area contributed by atoms with E-state index >= 15 is 0 Å². The predicted octanol–water partition coefficient (Wildman–Crippen LogP) is 19.4. The Hall–Kier alpha value is -1.88. The number of hydrogen-bond acceptors (Lipinski definition) is 5. The van der Waals surface area contributed by atoms with E-state index in [0.717, 1.165) is 51.4 Å². The normalized spacial score (nSPS) is 12.4. The van der Waals surface area contributed by atoms with Crippen LogP contribution in [0.15, 0.2) is 36.5 Å². The number of rotatable bonds is 53. The maximum absolute atomic E-state index is 12.8. The van der Waals surface area contributed by atoms with Gasteiger partial charge in [0, 0.05) is 19.4 Å². The van der Waals surface area contributed by atoms with Gasteiger partial charge in [-0.05, 0) is 89.9 Å². The molecule has 0 aromatic heterocycles. The van der Waals surface area contributed by atoms with E-state index in [1.807, 2.05) is 0 Å². The van der Waals surface area contributed by atoms with Crippen molar-refractivity contribution >= 4 is 11.9 Å². The maximum atomic E-state index is 12.8. The molecule has 0 aliphatic carbocycles. The molecule has 5 nitrogen and oxygen atoms in total. The molecule has 0 aliphatic heterocycles. The van der Waals surface area contributed by atoms with E-state index in [0.29, 0.717) is 19.4 Å². The lowest BCUT2D eigenvalue weighted by Gasteiger charge is -2.18.